The number of carbonyl (C=O) groups excluding carboxylic acids is 2. The second-order valence-corrected chi connectivity index (χ2v) is 4.61. The minimum Gasteiger partial charge on any atom is -0.465 e. The van der Waals surface area contributed by atoms with Crippen molar-refractivity contribution in [3.05, 3.63) is 35.1 Å². The Morgan fingerprint density at radius 3 is 2.57 bits per heavy atom. The van der Waals surface area contributed by atoms with Gasteiger partial charge in [-0.05, 0) is 17.7 Å². The first-order valence-electron chi connectivity index (χ1n) is 6.48. The molecule has 1 aromatic carbocycles. The first-order valence-corrected chi connectivity index (χ1v) is 6.48. The van der Waals surface area contributed by atoms with Crippen LogP contribution < -0.4 is 10.6 Å². The number of ether oxygens (including phenoxy) is 1. The van der Waals surface area contributed by atoms with Gasteiger partial charge in [0.2, 0.25) is 0 Å². The Kier molecular flexibility index (Phi) is 6.61. The number of carbonyl (C=O) groups is 2. The smallest absolute Gasteiger partial charge is 0.340 e. The third-order valence-corrected chi connectivity index (χ3v) is 2.75. The summed E-state index contributed by atoms with van der Waals surface area (Å²) in [5, 5.41) is 5.77. The Morgan fingerprint density at radius 1 is 1.29 bits per heavy atom. The van der Waals surface area contributed by atoms with E-state index in [1.54, 1.807) is 20.2 Å². The monoisotopic (exact) mass is 297 g/mol. The van der Waals surface area contributed by atoms with E-state index in [0.29, 0.717) is 25.2 Å². The molecule has 0 radical (unpaired) electrons. The predicted molar refractivity (Wildman–Crippen MR) is 76.5 cm³/mol. The molecular weight excluding hydrogens is 277 g/mol. The van der Waals surface area contributed by atoms with Crippen LogP contribution in [-0.4, -0.2) is 51.2 Å². The second-order valence-electron chi connectivity index (χ2n) is 4.61. The first kappa shape index (κ1) is 16.9. The Balaban J connectivity index is 2.38. The number of amides is 2. The lowest BCUT2D eigenvalue weighted by Crippen LogP contribution is -2.38. The van der Waals surface area contributed by atoms with Gasteiger partial charge in [0.1, 0.15) is 5.82 Å². The molecule has 0 atom stereocenters. The molecule has 0 aliphatic heterocycles. The van der Waals surface area contributed by atoms with Crippen molar-refractivity contribution in [2.75, 3.05) is 34.3 Å². The van der Waals surface area contributed by atoms with Gasteiger partial charge in [0.15, 0.2) is 0 Å². The van der Waals surface area contributed by atoms with Gasteiger partial charge in [0, 0.05) is 33.7 Å². The van der Waals surface area contributed by atoms with Crippen molar-refractivity contribution in [2.45, 2.75) is 6.54 Å². The van der Waals surface area contributed by atoms with E-state index >= 15 is 0 Å². The van der Waals surface area contributed by atoms with Gasteiger partial charge in [-0.2, -0.15) is 0 Å². The van der Waals surface area contributed by atoms with E-state index in [-0.39, 0.29) is 11.6 Å². The molecule has 0 aliphatic rings. The van der Waals surface area contributed by atoms with Gasteiger partial charge in [-0.15, -0.1) is 0 Å². The summed E-state index contributed by atoms with van der Waals surface area (Å²) in [5.74, 6) is -1.31. The zero-order valence-electron chi connectivity index (χ0n) is 12.4. The topological polar surface area (TPSA) is 70.7 Å². The number of methoxy groups -OCH3 is 1. The Hall–Kier alpha value is -2.15. The third kappa shape index (κ3) is 5.39. The Bertz CT molecular complexity index is 506. The minimum atomic E-state index is -0.696. The quantitative estimate of drug-likeness (QED) is 0.606. The molecule has 1 aromatic rings. The summed E-state index contributed by atoms with van der Waals surface area (Å²) in [6.07, 6.45) is 0. The van der Waals surface area contributed by atoms with Crippen LogP contribution >= 0.6 is 0 Å². The number of benzene rings is 1. The molecule has 0 saturated heterocycles. The van der Waals surface area contributed by atoms with Crippen molar-refractivity contribution in [3.8, 4) is 0 Å². The fourth-order valence-electron chi connectivity index (χ4n) is 1.59. The summed E-state index contributed by atoms with van der Waals surface area (Å²) in [6.45, 7) is 1.47. The van der Waals surface area contributed by atoms with Crippen LogP contribution in [0.5, 0.6) is 0 Å². The molecule has 1 rings (SSSR count). The lowest BCUT2D eigenvalue weighted by atomic mass is 10.1. The first-order chi connectivity index (χ1) is 9.95. The van der Waals surface area contributed by atoms with Gasteiger partial charge in [0.05, 0.1) is 12.7 Å². The molecule has 2 amide bonds. The maximum Gasteiger partial charge on any atom is 0.340 e. The van der Waals surface area contributed by atoms with Crippen molar-refractivity contribution in [1.82, 2.24) is 15.5 Å². The summed E-state index contributed by atoms with van der Waals surface area (Å²) in [7, 11) is 4.53. The van der Waals surface area contributed by atoms with E-state index in [0.717, 1.165) is 0 Å². The van der Waals surface area contributed by atoms with Crippen LogP contribution in [0, 0.1) is 5.82 Å². The molecule has 0 bridgehead atoms. The molecule has 0 unspecified atom stereocenters. The highest BCUT2D eigenvalue weighted by molar-refractivity contribution is 5.89. The van der Waals surface area contributed by atoms with Crippen LogP contribution in [0.3, 0.4) is 0 Å². The van der Waals surface area contributed by atoms with Gasteiger partial charge < -0.3 is 20.3 Å². The maximum atomic E-state index is 13.7. The molecule has 0 spiro atoms. The second kappa shape index (κ2) is 8.21. The predicted octanol–water partition coefficient (Wildman–Crippen LogP) is 0.973. The summed E-state index contributed by atoms with van der Waals surface area (Å²) in [4.78, 5) is 23.9. The Morgan fingerprint density at radius 2 is 2.00 bits per heavy atom. The zero-order valence-corrected chi connectivity index (χ0v) is 12.4. The summed E-state index contributed by atoms with van der Waals surface area (Å²) >= 11 is 0. The number of halogens is 1. The van der Waals surface area contributed by atoms with Crippen LogP contribution in [0.25, 0.3) is 0 Å². The van der Waals surface area contributed by atoms with Crippen LogP contribution in [-0.2, 0) is 11.3 Å². The number of hydrogen-bond acceptors (Lipinski definition) is 4. The fraction of sp³-hybridized carbons (Fsp3) is 0.429. The average Bonchev–Trinajstić information content (AvgIpc) is 2.45. The van der Waals surface area contributed by atoms with Crippen LogP contribution in [0.4, 0.5) is 9.18 Å². The largest absolute Gasteiger partial charge is 0.465 e. The minimum absolute atomic E-state index is 0.0838. The van der Waals surface area contributed by atoms with Gasteiger partial charge in [-0.1, -0.05) is 6.07 Å². The molecular formula is C14H20FN3O3. The third-order valence-electron chi connectivity index (χ3n) is 2.75. The molecule has 0 saturated carbocycles. The molecule has 2 N–H and O–H groups in total. The highest BCUT2D eigenvalue weighted by Gasteiger charge is 2.11. The van der Waals surface area contributed by atoms with E-state index in [2.05, 4.69) is 15.4 Å². The standard InChI is InChI=1S/C14H20FN3O3/c1-18(2)14(20)17-7-6-16-9-10-4-5-11(12(15)8-10)13(19)21-3/h4-5,8,16H,6-7,9H2,1-3H3,(H,17,20). The summed E-state index contributed by atoms with van der Waals surface area (Å²) in [6, 6.07) is 4.18. The lowest BCUT2D eigenvalue weighted by molar-refractivity contribution is 0.0595. The lowest BCUT2D eigenvalue weighted by Gasteiger charge is -2.12. The van der Waals surface area contributed by atoms with Gasteiger partial charge >= 0.3 is 12.0 Å². The fourth-order valence-corrected chi connectivity index (χ4v) is 1.59. The van der Waals surface area contributed by atoms with Gasteiger partial charge in [-0.25, -0.2) is 14.0 Å². The SMILES string of the molecule is COC(=O)c1ccc(CNCCNC(=O)N(C)C)cc1F. The molecule has 0 aliphatic carbocycles. The normalized spacial score (nSPS) is 10.1. The molecule has 0 fully saturated rings. The van der Waals surface area contributed by atoms with Crippen LogP contribution in [0.2, 0.25) is 0 Å². The molecule has 6 nitrogen and oxygen atoms in total. The number of nitrogens with zero attached hydrogens (tertiary/aromatic N) is 1. The number of rotatable bonds is 6. The maximum absolute atomic E-state index is 13.7. The highest BCUT2D eigenvalue weighted by Crippen LogP contribution is 2.11. The highest BCUT2D eigenvalue weighted by atomic mass is 19.1. The number of nitrogens with one attached hydrogen (secondary N) is 2. The van der Waals surface area contributed by atoms with Gasteiger partial charge in [-0.3, -0.25) is 0 Å². The number of urea groups is 1. The summed E-state index contributed by atoms with van der Waals surface area (Å²) in [5.41, 5.74) is 0.624. The van der Waals surface area contributed by atoms with Crippen molar-refractivity contribution < 1.29 is 18.7 Å². The van der Waals surface area contributed by atoms with Crippen molar-refractivity contribution in [2.24, 2.45) is 0 Å². The van der Waals surface area contributed by atoms with E-state index < -0.39 is 11.8 Å². The molecule has 0 heterocycles. The number of esters is 1. The van der Waals surface area contributed by atoms with Crippen LogP contribution in [0.15, 0.2) is 18.2 Å². The molecule has 116 valence electrons. The average molecular weight is 297 g/mol. The van der Waals surface area contributed by atoms with Crippen molar-refractivity contribution in [3.63, 3.8) is 0 Å². The number of hydrogen-bond donors (Lipinski definition) is 2. The van der Waals surface area contributed by atoms with Gasteiger partial charge in [0.25, 0.3) is 0 Å². The van der Waals surface area contributed by atoms with Crippen LogP contribution in [0.1, 0.15) is 15.9 Å². The summed E-state index contributed by atoms with van der Waals surface area (Å²) < 4.78 is 18.1. The van der Waals surface area contributed by atoms with E-state index in [1.165, 1.54) is 24.1 Å². The van der Waals surface area contributed by atoms with E-state index in [1.807, 2.05) is 0 Å². The zero-order chi connectivity index (χ0) is 15.8. The van der Waals surface area contributed by atoms with E-state index in [4.69, 9.17) is 0 Å². The molecule has 21 heavy (non-hydrogen) atoms. The Labute approximate surface area is 123 Å². The molecule has 0 aromatic heterocycles. The van der Waals surface area contributed by atoms with Crippen molar-refractivity contribution in [1.29, 1.82) is 0 Å². The molecule has 7 heteroatoms. The van der Waals surface area contributed by atoms with E-state index in [9.17, 15) is 14.0 Å². The van der Waals surface area contributed by atoms with Crippen molar-refractivity contribution >= 4 is 12.0 Å².